The van der Waals surface area contributed by atoms with Gasteiger partial charge in [-0.3, -0.25) is 19.6 Å². The van der Waals surface area contributed by atoms with Crippen molar-refractivity contribution < 1.29 is 4.52 Å². The van der Waals surface area contributed by atoms with Crippen molar-refractivity contribution in [3.05, 3.63) is 64.0 Å². The third-order valence-corrected chi connectivity index (χ3v) is 5.48. The fourth-order valence-corrected chi connectivity index (χ4v) is 3.64. The lowest BCUT2D eigenvalue weighted by molar-refractivity contribution is 0.122. The third-order valence-electron chi connectivity index (χ3n) is 5.48. The molecule has 4 rings (SSSR count). The Bertz CT molecular complexity index is 986. The zero-order chi connectivity index (χ0) is 20.2. The highest BCUT2D eigenvalue weighted by Gasteiger charge is 2.20. The number of aromatic nitrogens is 4. The number of rotatable bonds is 6. The summed E-state index contributed by atoms with van der Waals surface area (Å²) in [6.45, 7) is 10.1. The highest BCUT2D eigenvalue weighted by atomic mass is 16.5. The van der Waals surface area contributed by atoms with Crippen molar-refractivity contribution in [1.29, 1.82) is 0 Å². The van der Waals surface area contributed by atoms with Crippen molar-refractivity contribution in [3.63, 3.8) is 0 Å². The SMILES string of the molecule is Cc1noc(C)c1CN1CCN(CCn2nc(-c3cccnc3)ccc2=O)CC1. The Labute approximate surface area is 169 Å². The van der Waals surface area contributed by atoms with Gasteiger partial charge < -0.3 is 4.52 Å². The third kappa shape index (κ3) is 4.60. The molecule has 1 aliphatic rings. The fraction of sp³-hybridized carbons (Fsp3) is 0.429. The van der Waals surface area contributed by atoms with E-state index in [2.05, 4.69) is 25.0 Å². The van der Waals surface area contributed by atoms with Crippen molar-refractivity contribution in [2.45, 2.75) is 26.9 Å². The second-order valence-electron chi connectivity index (χ2n) is 7.44. The van der Waals surface area contributed by atoms with Gasteiger partial charge in [0.15, 0.2) is 0 Å². The van der Waals surface area contributed by atoms with Crippen molar-refractivity contribution in [3.8, 4) is 11.3 Å². The summed E-state index contributed by atoms with van der Waals surface area (Å²) >= 11 is 0. The van der Waals surface area contributed by atoms with E-state index in [0.29, 0.717) is 6.54 Å². The lowest BCUT2D eigenvalue weighted by Crippen LogP contribution is -2.47. The van der Waals surface area contributed by atoms with E-state index in [1.54, 1.807) is 29.2 Å². The number of pyridine rings is 1. The zero-order valence-corrected chi connectivity index (χ0v) is 16.9. The molecule has 0 bridgehead atoms. The highest BCUT2D eigenvalue weighted by molar-refractivity contribution is 5.56. The van der Waals surface area contributed by atoms with Gasteiger partial charge in [0.05, 0.1) is 17.9 Å². The number of nitrogens with zero attached hydrogens (tertiary/aromatic N) is 6. The summed E-state index contributed by atoms with van der Waals surface area (Å²) < 4.78 is 6.82. The minimum absolute atomic E-state index is 0.0744. The van der Waals surface area contributed by atoms with Crippen molar-refractivity contribution in [2.75, 3.05) is 32.7 Å². The van der Waals surface area contributed by atoms with Crippen LogP contribution in [0.5, 0.6) is 0 Å². The summed E-state index contributed by atoms with van der Waals surface area (Å²) in [5, 5.41) is 8.56. The molecule has 0 spiro atoms. The topological polar surface area (TPSA) is 80.3 Å². The predicted molar refractivity (Wildman–Crippen MR) is 109 cm³/mol. The molecule has 0 saturated carbocycles. The smallest absolute Gasteiger partial charge is 0.266 e. The monoisotopic (exact) mass is 394 g/mol. The van der Waals surface area contributed by atoms with Crippen molar-refractivity contribution in [1.82, 2.24) is 29.7 Å². The van der Waals surface area contributed by atoms with E-state index < -0.39 is 0 Å². The second-order valence-corrected chi connectivity index (χ2v) is 7.44. The number of hydrogen-bond acceptors (Lipinski definition) is 7. The van der Waals surface area contributed by atoms with Crippen LogP contribution < -0.4 is 5.56 Å². The molecule has 1 fully saturated rings. The Hall–Kier alpha value is -2.84. The molecule has 8 heteroatoms. The number of piperazine rings is 1. The fourth-order valence-electron chi connectivity index (χ4n) is 3.64. The molecule has 3 aromatic heterocycles. The molecule has 4 heterocycles. The van der Waals surface area contributed by atoms with Crippen LogP contribution in [0.2, 0.25) is 0 Å². The van der Waals surface area contributed by atoms with Gasteiger partial charge in [0.2, 0.25) is 0 Å². The first-order valence-corrected chi connectivity index (χ1v) is 9.95. The number of aryl methyl sites for hydroxylation is 2. The molecular formula is C21H26N6O2. The van der Waals surface area contributed by atoms with Crippen LogP contribution in [0.15, 0.2) is 46.0 Å². The summed E-state index contributed by atoms with van der Waals surface area (Å²) in [5.74, 6) is 0.906. The van der Waals surface area contributed by atoms with Crippen LogP contribution >= 0.6 is 0 Å². The number of hydrogen-bond donors (Lipinski definition) is 0. The van der Waals surface area contributed by atoms with Gasteiger partial charge in [-0.1, -0.05) is 5.16 Å². The van der Waals surface area contributed by atoms with Gasteiger partial charge in [0.1, 0.15) is 5.76 Å². The van der Waals surface area contributed by atoms with E-state index in [-0.39, 0.29) is 5.56 Å². The summed E-state index contributed by atoms with van der Waals surface area (Å²) in [5.41, 5.74) is 3.77. The first-order valence-electron chi connectivity index (χ1n) is 9.95. The molecule has 3 aromatic rings. The molecule has 0 radical (unpaired) electrons. The molecule has 8 nitrogen and oxygen atoms in total. The largest absolute Gasteiger partial charge is 0.361 e. The Kier molecular flexibility index (Phi) is 5.82. The van der Waals surface area contributed by atoms with Crippen LogP contribution in [0.25, 0.3) is 11.3 Å². The van der Waals surface area contributed by atoms with Crippen LogP contribution in [-0.4, -0.2) is 62.4 Å². The molecule has 0 aliphatic carbocycles. The highest BCUT2D eigenvalue weighted by Crippen LogP contribution is 2.16. The Balaban J connectivity index is 1.32. The van der Waals surface area contributed by atoms with Gasteiger partial charge in [-0.15, -0.1) is 0 Å². The minimum Gasteiger partial charge on any atom is -0.361 e. The summed E-state index contributed by atoms with van der Waals surface area (Å²) in [6.07, 6.45) is 3.49. The quantitative estimate of drug-likeness (QED) is 0.630. The van der Waals surface area contributed by atoms with E-state index in [1.807, 2.05) is 26.0 Å². The van der Waals surface area contributed by atoms with Crippen LogP contribution in [0.1, 0.15) is 17.0 Å². The van der Waals surface area contributed by atoms with Crippen molar-refractivity contribution >= 4 is 0 Å². The van der Waals surface area contributed by atoms with Gasteiger partial charge in [0.25, 0.3) is 5.56 Å². The predicted octanol–water partition coefficient (Wildman–Crippen LogP) is 1.73. The Morgan fingerprint density at radius 2 is 1.83 bits per heavy atom. The van der Waals surface area contributed by atoms with E-state index in [4.69, 9.17) is 4.52 Å². The van der Waals surface area contributed by atoms with E-state index >= 15 is 0 Å². The van der Waals surface area contributed by atoms with Crippen LogP contribution in [0, 0.1) is 13.8 Å². The van der Waals surface area contributed by atoms with Crippen LogP contribution in [-0.2, 0) is 13.1 Å². The molecule has 0 N–H and O–H groups in total. The molecule has 0 aromatic carbocycles. The minimum atomic E-state index is -0.0744. The Morgan fingerprint density at radius 1 is 1.03 bits per heavy atom. The zero-order valence-electron chi connectivity index (χ0n) is 16.9. The molecule has 1 aliphatic heterocycles. The lowest BCUT2D eigenvalue weighted by Gasteiger charge is -2.34. The van der Waals surface area contributed by atoms with Gasteiger partial charge in [0, 0.05) is 68.9 Å². The first kappa shape index (κ1) is 19.5. The molecule has 0 unspecified atom stereocenters. The maximum Gasteiger partial charge on any atom is 0.266 e. The molecule has 0 atom stereocenters. The van der Waals surface area contributed by atoms with Gasteiger partial charge >= 0.3 is 0 Å². The van der Waals surface area contributed by atoms with Crippen molar-refractivity contribution in [2.24, 2.45) is 0 Å². The maximum atomic E-state index is 12.2. The van der Waals surface area contributed by atoms with Crippen LogP contribution in [0.3, 0.4) is 0 Å². The molecule has 0 amide bonds. The average Bonchev–Trinajstić information content (AvgIpc) is 3.07. The maximum absolute atomic E-state index is 12.2. The van der Waals surface area contributed by atoms with Crippen LogP contribution in [0.4, 0.5) is 0 Å². The normalized spacial score (nSPS) is 15.7. The molecule has 152 valence electrons. The standard InChI is InChI=1S/C21H26N6O2/c1-16-19(17(2)29-24-16)15-26-10-8-25(9-11-26)12-13-27-21(28)6-5-20(23-27)18-4-3-7-22-14-18/h3-7,14H,8-13,15H2,1-2H3. The summed E-state index contributed by atoms with van der Waals surface area (Å²) in [7, 11) is 0. The van der Waals surface area contributed by atoms with E-state index in [0.717, 1.165) is 62.0 Å². The average molecular weight is 394 g/mol. The summed E-state index contributed by atoms with van der Waals surface area (Å²) in [4.78, 5) is 21.1. The van der Waals surface area contributed by atoms with Gasteiger partial charge in [-0.25, -0.2) is 4.68 Å². The lowest BCUT2D eigenvalue weighted by atomic mass is 10.2. The van der Waals surface area contributed by atoms with E-state index in [9.17, 15) is 4.79 Å². The summed E-state index contributed by atoms with van der Waals surface area (Å²) in [6, 6.07) is 7.15. The molecule has 1 saturated heterocycles. The molecule has 29 heavy (non-hydrogen) atoms. The molecular weight excluding hydrogens is 368 g/mol. The van der Waals surface area contributed by atoms with Gasteiger partial charge in [-0.2, -0.15) is 5.10 Å². The van der Waals surface area contributed by atoms with E-state index in [1.165, 1.54) is 5.56 Å². The van der Waals surface area contributed by atoms with Gasteiger partial charge in [-0.05, 0) is 32.0 Å². The Morgan fingerprint density at radius 3 is 2.52 bits per heavy atom. The first-order chi connectivity index (χ1) is 14.1. The second kappa shape index (κ2) is 8.67.